The van der Waals surface area contributed by atoms with Gasteiger partial charge in [-0.2, -0.15) is 0 Å². The van der Waals surface area contributed by atoms with Crippen molar-refractivity contribution >= 4 is 60.5 Å². The molecule has 9 rings (SSSR count). The molecule has 0 spiro atoms. The average Bonchev–Trinajstić information content (AvgIpc) is 3.49. The first-order chi connectivity index (χ1) is 22.8. The van der Waals surface area contributed by atoms with Gasteiger partial charge < -0.3 is 9.32 Å². The molecule has 8 aromatic carbocycles. The van der Waals surface area contributed by atoms with E-state index in [1.807, 2.05) is 12.1 Å². The summed E-state index contributed by atoms with van der Waals surface area (Å²) < 4.78 is 6.23. The summed E-state index contributed by atoms with van der Waals surface area (Å²) in [6.07, 6.45) is 0. The van der Waals surface area contributed by atoms with Gasteiger partial charge in [0.05, 0.1) is 0 Å². The molecule has 0 fully saturated rings. The van der Waals surface area contributed by atoms with Crippen LogP contribution in [-0.2, 0) is 0 Å². The molecule has 0 atom stereocenters. The van der Waals surface area contributed by atoms with Crippen LogP contribution >= 0.6 is 0 Å². The van der Waals surface area contributed by atoms with Crippen LogP contribution in [0.3, 0.4) is 0 Å². The molecule has 0 aliphatic carbocycles. The number of para-hydroxylation sites is 1. The highest BCUT2D eigenvalue weighted by Crippen LogP contribution is 2.41. The summed E-state index contributed by atoms with van der Waals surface area (Å²) in [5, 5.41) is 7.10. The van der Waals surface area contributed by atoms with Crippen molar-refractivity contribution in [2.24, 2.45) is 0 Å². The Bertz CT molecular complexity index is 2510. The molecule has 9 aromatic rings. The Kier molecular flexibility index (Phi) is 6.17. The molecular formula is C44H29NO. The molecular weight excluding hydrogens is 558 g/mol. The number of hydrogen-bond acceptors (Lipinski definition) is 2. The highest BCUT2D eigenvalue weighted by atomic mass is 16.3. The number of anilines is 3. The zero-order chi connectivity index (χ0) is 30.5. The summed E-state index contributed by atoms with van der Waals surface area (Å²) in [4.78, 5) is 2.37. The standard InChI is InChI=1S/C44H29NO/c1-3-10-30(11-4-1)32-20-23-36(24-21-32)45(37-15-9-14-34(26-37)31-12-5-2-6-13-31)38-25-22-33-18-19-35-27-44-42(29-41(35)40(33)28-38)39-16-7-8-17-43(39)46-44/h1-29H. The second-order valence-corrected chi connectivity index (χ2v) is 11.8. The monoisotopic (exact) mass is 587 g/mol. The topological polar surface area (TPSA) is 16.4 Å². The zero-order valence-electron chi connectivity index (χ0n) is 25.1. The quantitative estimate of drug-likeness (QED) is 0.186. The van der Waals surface area contributed by atoms with Gasteiger partial charge in [-0.05, 0) is 98.4 Å². The molecule has 0 bridgehead atoms. The molecule has 0 saturated carbocycles. The fourth-order valence-corrected chi connectivity index (χ4v) is 6.74. The van der Waals surface area contributed by atoms with E-state index < -0.39 is 0 Å². The largest absolute Gasteiger partial charge is 0.456 e. The van der Waals surface area contributed by atoms with Crippen LogP contribution in [-0.4, -0.2) is 0 Å². The van der Waals surface area contributed by atoms with Crippen LogP contribution in [0.2, 0.25) is 0 Å². The summed E-state index contributed by atoms with van der Waals surface area (Å²) in [5.41, 5.74) is 9.95. The fourth-order valence-electron chi connectivity index (χ4n) is 6.74. The van der Waals surface area contributed by atoms with Gasteiger partial charge in [-0.3, -0.25) is 0 Å². The minimum Gasteiger partial charge on any atom is -0.456 e. The molecule has 2 heteroatoms. The Labute approximate surface area is 267 Å². The van der Waals surface area contributed by atoms with E-state index in [4.69, 9.17) is 4.42 Å². The lowest BCUT2D eigenvalue weighted by atomic mass is 9.98. The molecule has 0 amide bonds. The van der Waals surface area contributed by atoms with Crippen molar-refractivity contribution in [1.82, 2.24) is 0 Å². The number of furan rings is 1. The van der Waals surface area contributed by atoms with Crippen molar-refractivity contribution < 1.29 is 4.42 Å². The van der Waals surface area contributed by atoms with Crippen LogP contribution in [0.5, 0.6) is 0 Å². The van der Waals surface area contributed by atoms with Gasteiger partial charge >= 0.3 is 0 Å². The SMILES string of the molecule is c1ccc(-c2ccc(N(c3cccc(-c4ccccc4)c3)c3ccc4ccc5cc6oc7ccccc7c6cc5c4c3)cc2)cc1. The summed E-state index contributed by atoms with van der Waals surface area (Å²) in [7, 11) is 0. The van der Waals surface area contributed by atoms with E-state index >= 15 is 0 Å². The summed E-state index contributed by atoms with van der Waals surface area (Å²) in [5.74, 6) is 0. The van der Waals surface area contributed by atoms with Crippen LogP contribution in [0.1, 0.15) is 0 Å². The molecule has 1 aromatic heterocycles. The summed E-state index contributed by atoms with van der Waals surface area (Å²) >= 11 is 0. The molecule has 0 aliphatic heterocycles. The number of nitrogens with zero attached hydrogens (tertiary/aromatic N) is 1. The van der Waals surface area contributed by atoms with Gasteiger partial charge in [0.1, 0.15) is 11.2 Å². The van der Waals surface area contributed by atoms with E-state index in [0.717, 1.165) is 39.0 Å². The van der Waals surface area contributed by atoms with E-state index in [2.05, 4.69) is 169 Å². The van der Waals surface area contributed by atoms with E-state index in [0.29, 0.717) is 0 Å². The Morgan fingerprint density at radius 1 is 0.304 bits per heavy atom. The second-order valence-electron chi connectivity index (χ2n) is 11.8. The highest BCUT2D eigenvalue weighted by molar-refractivity contribution is 6.17. The molecule has 0 aliphatic rings. The zero-order valence-corrected chi connectivity index (χ0v) is 25.1. The average molecular weight is 588 g/mol. The third kappa shape index (κ3) is 4.51. The number of hydrogen-bond donors (Lipinski definition) is 0. The van der Waals surface area contributed by atoms with E-state index in [9.17, 15) is 0 Å². The molecule has 0 N–H and O–H groups in total. The number of rotatable bonds is 5. The Balaban J connectivity index is 1.24. The lowest BCUT2D eigenvalue weighted by Crippen LogP contribution is -2.10. The first-order valence-corrected chi connectivity index (χ1v) is 15.7. The van der Waals surface area contributed by atoms with Gasteiger partial charge in [0.2, 0.25) is 0 Å². The normalized spacial score (nSPS) is 11.5. The van der Waals surface area contributed by atoms with Gasteiger partial charge in [0.25, 0.3) is 0 Å². The van der Waals surface area contributed by atoms with Gasteiger partial charge in [-0.1, -0.05) is 121 Å². The first-order valence-electron chi connectivity index (χ1n) is 15.7. The molecule has 0 unspecified atom stereocenters. The van der Waals surface area contributed by atoms with E-state index in [1.54, 1.807) is 0 Å². The molecule has 0 saturated heterocycles. The molecule has 46 heavy (non-hydrogen) atoms. The smallest absolute Gasteiger partial charge is 0.136 e. The molecule has 1 heterocycles. The van der Waals surface area contributed by atoms with Crippen molar-refractivity contribution in [3.05, 3.63) is 176 Å². The van der Waals surface area contributed by atoms with Crippen molar-refractivity contribution in [2.45, 2.75) is 0 Å². The van der Waals surface area contributed by atoms with Crippen molar-refractivity contribution in [1.29, 1.82) is 0 Å². The Morgan fingerprint density at radius 3 is 1.70 bits per heavy atom. The lowest BCUT2D eigenvalue weighted by Gasteiger charge is -2.27. The van der Waals surface area contributed by atoms with Crippen LogP contribution in [0.25, 0.3) is 65.7 Å². The molecule has 0 radical (unpaired) electrons. The minimum atomic E-state index is 0.918. The Morgan fingerprint density at radius 2 is 0.891 bits per heavy atom. The Hall–Kier alpha value is -6.12. The predicted molar refractivity (Wildman–Crippen MR) is 194 cm³/mol. The van der Waals surface area contributed by atoms with Crippen LogP contribution in [0.15, 0.2) is 180 Å². The maximum absolute atomic E-state index is 6.23. The van der Waals surface area contributed by atoms with Gasteiger partial charge in [0.15, 0.2) is 0 Å². The highest BCUT2D eigenvalue weighted by Gasteiger charge is 2.16. The maximum atomic E-state index is 6.23. The lowest BCUT2D eigenvalue weighted by molar-refractivity contribution is 0.669. The van der Waals surface area contributed by atoms with Crippen molar-refractivity contribution in [3.8, 4) is 22.3 Å². The third-order valence-corrected chi connectivity index (χ3v) is 9.02. The van der Waals surface area contributed by atoms with Crippen LogP contribution in [0, 0.1) is 0 Å². The minimum absolute atomic E-state index is 0.918. The fraction of sp³-hybridized carbons (Fsp3) is 0. The number of benzene rings is 8. The van der Waals surface area contributed by atoms with Gasteiger partial charge in [-0.25, -0.2) is 0 Å². The van der Waals surface area contributed by atoms with Crippen LogP contribution < -0.4 is 4.90 Å². The van der Waals surface area contributed by atoms with Crippen LogP contribution in [0.4, 0.5) is 17.1 Å². The van der Waals surface area contributed by atoms with Gasteiger partial charge in [-0.15, -0.1) is 0 Å². The van der Waals surface area contributed by atoms with Gasteiger partial charge in [0, 0.05) is 27.8 Å². The van der Waals surface area contributed by atoms with E-state index in [1.165, 1.54) is 43.8 Å². The summed E-state index contributed by atoms with van der Waals surface area (Å²) in [6.45, 7) is 0. The third-order valence-electron chi connectivity index (χ3n) is 9.02. The molecule has 216 valence electrons. The van der Waals surface area contributed by atoms with E-state index in [-0.39, 0.29) is 0 Å². The second kappa shape index (κ2) is 10.8. The molecule has 2 nitrogen and oxygen atoms in total. The predicted octanol–water partition coefficient (Wildman–Crippen LogP) is 12.7. The first kappa shape index (κ1) is 26.3. The maximum Gasteiger partial charge on any atom is 0.136 e. The van der Waals surface area contributed by atoms with Crippen molar-refractivity contribution in [3.63, 3.8) is 0 Å². The van der Waals surface area contributed by atoms with Crippen molar-refractivity contribution in [2.75, 3.05) is 4.90 Å². The number of fused-ring (bicyclic) bond motifs is 6. The summed E-state index contributed by atoms with van der Waals surface area (Å²) in [6, 6.07) is 62.9.